The van der Waals surface area contributed by atoms with Crippen LogP contribution in [0.5, 0.6) is 5.88 Å². The number of aromatic nitrogens is 1. The third-order valence-electron chi connectivity index (χ3n) is 5.41. The minimum absolute atomic E-state index is 0.0193. The van der Waals surface area contributed by atoms with Crippen LogP contribution < -0.4 is 15.4 Å². The van der Waals surface area contributed by atoms with Gasteiger partial charge in [-0.25, -0.2) is 9.37 Å². The van der Waals surface area contributed by atoms with Gasteiger partial charge < -0.3 is 15.4 Å². The molecule has 3 aromatic rings. The van der Waals surface area contributed by atoms with Crippen molar-refractivity contribution in [1.82, 2.24) is 10.3 Å². The van der Waals surface area contributed by atoms with E-state index < -0.39 is 11.7 Å². The zero-order chi connectivity index (χ0) is 23.4. The van der Waals surface area contributed by atoms with Crippen LogP contribution in [-0.4, -0.2) is 22.9 Å². The molecule has 33 heavy (non-hydrogen) atoms. The molecule has 2 heterocycles. The maximum atomic E-state index is 13.2. The second kappa shape index (κ2) is 10.3. The standard InChI is InChI=1S/C24H23ClFN3O3S/c1-14-11-20(29-22(30)18-9-8-16(26)12-19(18)25)33-21(14)23(31)28-13-15-5-4-10-27-24(15)32-17-6-2-3-7-17/h4-5,8-12,17H,2-3,6-7,13H2,1H3,(H,28,31)(H,29,30). The molecule has 0 aliphatic heterocycles. The number of hydrogen-bond donors (Lipinski definition) is 2. The van der Waals surface area contributed by atoms with Gasteiger partial charge in [0.25, 0.3) is 11.8 Å². The second-order valence-electron chi connectivity index (χ2n) is 7.88. The lowest BCUT2D eigenvalue weighted by molar-refractivity contribution is 0.0952. The van der Waals surface area contributed by atoms with Crippen LogP contribution in [0.15, 0.2) is 42.6 Å². The molecule has 1 aromatic carbocycles. The molecule has 6 nitrogen and oxygen atoms in total. The van der Waals surface area contributed by atoms with E-state index in [4.69, 9.17) is 16.3 Å². The number of carbonyl (C=O) groups excluding carboxylic acids is 2. The summed E-state index contributed by atoms with van der Waals surface area (Å²) in [7, 11) is 0. The van der Waals surface area contributed by atoms with Crippen LogP contribution in [-0.2, 0) is 6.54 Å². The molecule has 0 bridgehead atoms. The number of rotatable bonds is 7. The van der Waals surface area contributed by atoms with E-state index in [2.05, 4.69) is 15.6 Å². The number of hydrogen-bond acceptors (Lipinski definition) is 5. The van der Waals surface area contributed by atoms with Crippen molar-refractivity contribution in [1.29, 1.82) is 0 Å². The topological polar surface area (TPSA) is 80.3 Å². The summed E-state index contributed by atoms with van der Waals surface area (Å²) in [5, 5.41) is 6.15. The van der Waals surface area contributed by atoms with Crippen molar-refractivity contribution in [2.75, 3.05) is 5.32 Å². The summed E-state index contributed by atoms with van der Waals surface area (Å²) in [6.45, 7) is 2.07. The summed E-state index contributed by atoms with van der Waals surface area (Å²) >= 11 is 7.12. The average Bonchev–Trinajstić information content (AvgIpc) is 3.42. The van der Waals surface area contributed by atoms with Crippen molar-refractivity contribution in [3.63, 3.8) is 0 Å². The molecule has 1 saturated carbocycles. The Kier molecular flexibility index (Phi) is 7.25. The lowest BCUT2D eigenvalue weighted by Gasteiger charge is -2.15. The quantitative estimate of drug-likeness (QED) is 0.445. The molecule has 1 fully saturated rings. The fraction of sp³-hybridized carbons (Fsp3) is 0.292. The van der Waals surface area contributed by atoms with Crippen LogP contribution in [0.25, 0.3) is 0 Å². The number of nitrogens with zero attached hydrogens (tertiary/aromatic N) is 1. The Morgan fingerprint density at radius 1 is 1.21 bits per heavy atom. The number of benzene rings is 1. The first-order valence-corrected chi connectivity index (χ1v) is 11.9. The van der Waals surface area contributed by atoms with E-state index in [1.165, 1.54) is 12.1 Å². The summed E-state index contributed by atoms with van der Waals surface area (Å²) in [5.41, 5.74) is 1.69. The van der Waals surface area contributed by atoms with Gasteiger partial charge in [0.15, 0.2) is 0 Å². The summed E-state index contributed by atoms with van der Waals surface area (Å²) in [6.07, 6.45) is 6.22. The molecule has 0 atom stereocenters. The van der Waals surface area contributed by atoms with Gasteiger partial charge in [-0.3, -0.25) is 9.59 Å². The molecule has 2 N–H and O–H groups in total. The Hall–Kier alpha value is -2.97. The van der Waals surface area contributed by atoms with Crippen LogP contribution in [0, 0.1) is 12.7 Å². The van der Waals surface area contributed by atoms with E-state index in [0.29, 0.717) is 15.8 Å². The second-order valence-corrected chi connectivity index (χ2v) is 9.34. The number of halogens is 2. The maximum absolute atomic E-state index is 13.2. The van der Waals surface area contributed by atoms with Gasteiger partial charge in [0.2, 0.25) is 5.88 Å². The van der Waals surface area contributed by atoms with Crippen LogP contribution >= 0.6 is 22.9 Å². The van der Waals surface area contributed by atoms with Crippen LogP contribution in [0.4, 0.5) is 9.39 Å². The molecular weight excluding hydrogens is 465 g/mol. The molecule has 0 spiro atoms. The number of amides is 2. The predicted octanol–water partition coefficient (Wildman–Crippen LogP) is 5.75. The monoisotopic (exact) mass is 487 g/mol. The molecule has 2 amide bonds. The molecule has 1 aliphatic rings. The highest BCUT2D eigenvalue weighted by molar-refractivity contribution is 7.18. The molecule has 1 aliphatic carbocycles. The highest BCUT2D eigenvalue weighted by Crippen LogP contribution is 2.29. The Morgan fingerprint density at radius 2 is 2.00 bits per heavy atom. The minimum atomic E-state index is -0.520. The van der Waals surface area contributed by atoms with Crippen LogP contribution in [0.2, 0.25) is 5.02 Å². The summed E-state index contributed by atoms with van der Waals surface area (Å²) in [4.78, 5) is 30.1. The smallest absolute Gasteiger partial charge is 0.261 e. The third kappa shape index (κ3) is 5.69. The molecule has 0 radical (unpaired) electrons. The first-order chi connectivity index (χ1) is 15.9. The number of carbonyl (C=O) groups is 2. The zero-order valence-corrected chi connectivity index (χ0v) is 19.6. The predicted molar refractivity (Wildman–Crippen MR) is 127 cm³/mol. The van der Waals surface area contributed by atoms with Gasteiger partial charge >= 0.3 is 0 Å². The number of ether oxygens (including phenoxy) is 1. The molecule has 172 valence electrons. The Morgan fingerprint density at radius 3 is 2.76 bits per heavy atom. The first kappa shape index (κ1) is 23.2. The van der Waals surface area contributed by atoms with E-state index in [1.54, 1.807) is 19.2 Å². The van der Waals surface area contributed by atoms with Crippen LogP contribution in [0.1, 0.15) is 56.8 Å². The van der Waals surface area contributed by atoms with Gasteiger partial charge in [0, 0.05) is 18.3 Å². The van der Waals surface area contributed by atoms with Gasteiger partial charge in [-0.2, -0.15) is 0 Å². The lowest BCUT2D eigenvalue weighted by atomic mass is 10.2. The van der Waals surface area contributed by atoms with Crippen molar-refractivity contribution < 1.29 is 18.7 Å². The van der Waals surface area contributed by atoms with Crippen molar-refractivity contribution in [2.24, 2.45) is 0 Å². The van der Waals surface area contributed by atoms with Crippen molar-refractivity contribution >= 4 is 39.8 Å². The minimum Gasteiger partial charge on any atom is -0.474 e. The maximum Gasteiger partial charge on any atom is 0.261 e. The van der Waals surface area contributed by atoms with Crippen molar-refractivity contribution in [3.05, 3.63) is 75.0 Å². The molecule has 0 saturated heterocycles. The molecule has 9 heteroatoms. The largest absolute Gasteiger partial charge is 0.474 e. The molecule has 4 rings (SSSR count). The fourth-order valence-corrected chi connectivity index (χ4v) is 4.94. The number of aryl methyl sites for hydroxylation is 1. The zero-order valence-electron chi connectivity index (χ0n) is 18.0. The van der Waals surface area contributed by atoms with E-state index in [1.807, 2.05) is 12.1 Å². The van der Waals surface area contributed by atoms with Gasteiger partial charge in [-0.15, -0.1) is 11.3 Å². The van der Waals surface area contributed by atoms with Crippen LogP contribution in [0.3, 0.4) is 0 Å². The fourth-order valence-electron chi connectivity index (χ4n) is 3.71. The van der Waals surface area contributed by atoms with E-state index >= 15 is 0 Å². The Labute approximate surface area is 200 Å². The number of nitrogens with one attached hydrogen (secondary N) is 2. The normalized spacial score (nSPS) is 13.7. The van der Waals surface area contributed by atoms with E-state index in [0.717, 1.165) is 54.2 Å². The summed E-state index contributed by atoms with van der Waals surface area (Å²) in [5.74, 6) is -0.699. The van der Waals surface area contributed by atoms with Gasteiger partial charge in [-0.1, -0.05) is 17.7 Å². The number of pyridine rings is 1. The first-order valence-electron chi connectivity index (χ1n) is 10.7. The summed E-state index contributed by atoms with van der Waals surface area (Å²) < 4.78 is 19.3. The number of thiophene rings is 1. The third-order valence-corrected chi connectivity index (χ3v) is 6.87. The Balaban J connectivity index is 1.40. The molecular formula is C24H23ClFN3O3S. The van der Waals surface area contributed by atoms with Gasteiger partial charge in [0.1, 0.15) is 11.9 Å². The van der Waals surface area contributed by atoms with Gasteiger partial charge in [0.05, 0.1) is 20.5 Å². The Bertz CT molecular complexity index is 1180. The van der Waals surface area contributed by atoms with Gasteiger partial charge in [-0.05, 0) is 68.5 Å². The lowest BCUT2D eigenvalue weighted by Crippen LogP contribution is -2.23. The highest BCUT2D eigenvalue weighted by atomic mass is 35.5. The van der Waals surface area contributed by atoms with Crippen molar-refractivity contribution in [3.8, 4) is 5.88 Å². The molecule has 0 unspecified atom stereocenters. The van der Waals surface area contributed by atoms with E-state index in [-0.39, 0.29) is 29.1 Å². The molecule has 2 aromatic heterocycles. The van der Waals surface area contributed by atoms with E-state index in [9.17, 15) is 14.0 Å². The average molecular weight is 488 g/mol. The summed E-state index contributed by atoms with van der Waals surface area (Å²) in [6, 6.07) is 8.99. The highest BCUT2D eigenvalue weighted by Gasteiger charge is 2.20. The van der Waals surface area contributed by atoms with Crippen molar-refractivity contribution in [2.45, 2.75) is 45.3 Å². The SMILES string of the molecule is Cc1cc(NC(=O)c2ccc(F)cc2Cl)sc1C(=O)NCc1cccnc1OC1CCCC1. The number of anilines is 1.